The van der Waals surface area contributed by atoms with E-state index in [4.69, 9.17) is 0 Å². The summed E-state index contributed by atoms with van der Waals surface area (Å²) in [4.78, 5) is 0. The van der Waals surface area contributed by atoms with E-state index in [1.54, 1.807) is 36.4 Å². The fourth-order valence-corrected chi connectivity index (χ4v) is 2.34. The van der Waals surface area contributed by atoms with Crippen molar-refractivity contribution >= 4 is 15.9 Å². The first-order chi connectivity index (χ1) is 9.09. The SMILES string of the molecule is OC(Cc1cccc(F)c1Br)C(O)c1ccccc1. The molecule has 2 aromatic carbocycles. The van der Waals surface area contributed by atoms with E-state index in [1.165, 1.54) is 6.07 Å². The second kappa shape index (κ2) is 6.28. The predicted octanol–water partition coefficient (Wildman–Crippen LogP) is 3.23. The molecule has 0 radical (unpaired) electrons. The number of halogens is 2. The molecule has 2 atom stereocenters. The van der Waals surface area contributed by atoms with Crippen molar-refractivity contribution in [3.8, 4) is 0 Å². The van der Waals surface area contributed by atoms with Gasteiger partial charge in [0.25, 0.3) is 0 Å². The maximum atomic E-state index is 13.4. The van der Waals surface area contributed by atoms with Crippen LogP contribution in [0.4, 0.5) is 4.39 Å². The van der Waals surface area contributed by atoms with Gasteiger partial charge in [-0.25, -0.2) is 4.39 Å². The number of hydrogen-bond donors (Lipinski definition) is 2. The van der Waals surface area contributed by atoms with E-state index in [2.05, 4.69) is 15.9 Å². The van der Waals surface area contributed by atoms with Gasteiger partial charge in [-0.2, -0.15) is 0 Å². The van der Waals surface area contributed by atoms with Crippen molar-refractivity contribution in [2.75, 3.05) is 0 Å². The highest BCUT2D eigenvalue weighted by Gasteiger charge is 2.20. The zero-order valence-corrected chi connectivity index (χ0v) is 11.7. The molecule has 19 heavy (non-hydrogen) atoms. The second-order valence-corrected chi connectivity index (χ2v) is 5.13. The molecule has 0 spiro atoms. The third-order valence-electron chi connectivity index (χ3n) is 2.97. The van der Waals surface area contributed by atoms with Crippen LogP contribution < -0.4 is 0 Å². The molecule has 0 aromatic heterocycles. The van der Waals surface area contributed by atoms with Crippen LogP contribution in [-0.4, -0.2) is 16.3 Å². The number of aliphatic hydroxyl groups excluding tert-OH is 2. The van der Waals surface area contributed by atoms with Crippen LogP contribution in [-0.2, 0) is 6.42 Å². The lowest BCUT2D eigenvalue weighted by Crippen LogP contribution is -2.21. The molecule has 0 bridgehead atoms. The minimum atomic E-state index is -0.989. The Morgan fingerprint density at radius 3 is 2.37 bits per heavy atom. The molecule has 100 valence electrons. The highest BCUT2D eigenvalue weighted by molar-refractivity contribution is 9.10. The molecule has 0 aliphatic heterocycles. The summed E-state index contributed by atoms with van der Waals surface area (Å²) in [5.74, 6) is -0.376. The number of benzene rings is 2. The summed E-state index contributed by atoms with van der Waals surface area (Å²) in [6.07, 6.45) is -1.80. The molecular formula is C15H14BrFO2. The van der Waals surface area contributed by atoms with Crippen molar-refractivity contribution in [3.05, 3.63) is 69.9 Å². The molecule has 0 fully saturated rings. The van der Waals surface area contributed by atoms with Gasteiger partial charge in [-0.1, -0.05) is 42.5 Å². The lowest BCUT2D eigenvalue weighted by molar-refractivity contribution is 0.0188. The summed E-state index contributed by atoms with van der Waals surface area (Å²) < 4.78 is 13.7. The topological polar surface area (TPSA) is 40.5 Å². The summed E-state index contributed by atoms with van der Waals surface area (Å²) in [6.45, 7) is 0. The highest BCUT2D eigenvalue weighted by Crippen LogP contribution is 2.25. The van der Waals surface area contributed by atoms with E-state index in [1.807, 2.05) is 6.07 Å². The highest BCUT2D eigenvalue weighted by atomic mass is 79.9. The zero-order chi connectivity index (χ0) is 13.8. The summed E-state index contributed by atoms with van der Waals surface area (Å²) in [7, 11) is 0. The van der Waals surface area contributed by atoms with Crippen molar-refractivity contribution in [2.24, 2.45) is 0 Å². The average Bonchev–Trinajstić information content (AvgIpc) is 2.44. The van der Waals surface area contributed by atoms with E-state index < -0.39 is 12.2 Å². The molecule has 0 saturated carbocycles. The van der Waals surface area contributed by atoms with Crippen LogP contribution in [0.5, 0.6) is 0 Å². The molecule has 0 aliphatic carbocycles. The van der Waals surface area contributed by atoms with Gasteiger partial charge in [0.1, 0.15) is 11.9 Å². The summed E-state index contributed by atoms with van der Waals surface area (Å²) >= 11 is 3.15. The van der Waals surface area contributed by atoms with Crippen LogP contribution >= 0.6 is 15.9 Å². The molecule has 2 N–H and O–H groups in total. The monoisotopic (exact) mass is 324 g/mol. The summed E-state index contributed by atoms with van der Waals surface area (Å²) in [5, 5.41) is 20.1. The van der Waals surface area contributed by atoms with Crippen LogP contribution in [0, 0.1) is 5.82 Å². The van der Waals surface area contributed by atoms with Gasteiger partial charge in [0, 0.05) is 6.42 Å². The molecule has 0 heterocycles. The van der Waals surface area contributed by atoms with E-state index in [9.17, 15) is 14.6 Å². The molecule has 0 aliphatic rings. The summed E-state index contributed by atoms with van der Waals surface area (Å²) in [6, 6.07) is 13.6. The standard InChI is InChI=1S/C15H14BrFO2/c16-14-11(7-4-8-12(14)17)9-13(18)15(19)10-5-2-1-3-6-10/h1-8,13,15,18-19H,9H2. The number of rotatable bonds is 4. The maximum absolute atomic E-state index is 13.4. The van der Waals surface area contributed by atoms with Gasteiger partial charge in [0.15, 0.2) is 0 Å². The Bertz CT molecular complexity index is 545. The van der Waals surface area contributed by atoms with Crippen LogP contribution in [0.25, 0.3) is 0 Å². The van der Waals surface area contributed by atoms with Crippen molar-refractivity contribution < 1.29 is 14.6 Å². The Labute approximate surface area is 119 Å². The molecule has 0 saturated heterocycles. The minimum absolute atomic E-state index is 0.175. The third-order valence-corrected chi connectivity index (χ3v) is 3.85. The third kappa shape index (κ3) is 3.41. The molecule has 2 aromatic rings. The van der Waals surface area contributed by atoms with Gasteiger partial charge in [-0.3, -0.25) is 0 Å². The van der Waals surface area contributed by atoms with Crippen molar-refractivity contribution in [1.82, 2.24) is 0 Å². The molecule has 2 rings (SSSR count). The number of hydrogen-bond acceptors (Lipinski definition) is 2. The minimum Gasteiger partial charge on any atom is -0.390 e. The zero-order valence-electron chi connectivity index (χ0n) is 10.1. The predicted molar refractivity (Wildman–Crippen MR) is 75.2 cm³/mol. The van der Waals surface area contributed by atoms with Gasteiger partial charge in [0.05, 0.1) is 10.6 Å². The van der Waals surface area contributed by atoms with Gasteiger partial charge in [-0.15, -0.1) is 0 Å². The maximum Gasteiger partial charge on any atom is 0.137 e. The van der Waals surface area contributed by atoms with Crippen LogP contribution in [0.15, 0.2) is 53.0 Å². The van der Waals surface area contributed by atoms with Crippen molar-refractivity contribution in [1.29, 1.82) is 0 Å². The Kier molecular flexibility index (Phi) is 4.69. The van der Waals surface area contributed by atoms with E-state index in [-0.39, 0.29) is 12.2 Å². The van der Waals surface area contributed by atoms with E-state index in [0.29, 0.717) is 15.6 Å². The quantitative estimate of drug-likeness (QED) is 0.906. The fraction of sp³-hybridized carbons (Fsp3) is 0.200. The lowest BCUT2D eigenvalue weighted by atomic mass is 9.98. The van der Waals surface area contributed by atoms with Gasteiger partial charge < -0.3 is 10.2 Å². The molecule has 2 nitrogen and oxygen atoms in total. The van der Waals surface area contributed by atoms with Crippen molar-refractivity contribution in [2.45, 2.75) is 18.6 Å². The van der Waals surface area contributed by atoms with Crippen LogP contribution in [0.3, 0.4) is 0 Å². The van der Waals surface area contributed by atoms with Gasteiger partial charge in [-0.05, 0) is 33.1 Å². The molecule has 2 unspecified atom stereocenters. The number of aliphatic hydroxyl groups is 2. The normalized spacial score (nSPS) is 14.1. The Morgan fingerprint density at radius 2 is 1.68 bits per heavy atom. The largest absolute Gasteiger partial charge is 0.390 e. The fourth-order valence-electron chi connectivity index (χ4n) is 1.92. The second-order valence-electron chi connectivity index (χ2n) is 4.34. The molecule has 4 heteroatoms. The van der Waals surface area contributed by atoms with Gasteiger partial charge in [0.2, 0.25) is 0 Å². The smallest absolute Gasteiger partial charge is 0.137 e. The summed E-state index contributed by atoms with van der Waals surface area (Å²) in [5.41, 5.74) is 1.27. The van der Waals surface area contributed by atoms with Crippen LogP contribution in [0.1, 0.15) is 17.2 Å². The molecule has 0 amide bonds. The lowest BCUT2D eigenvalue weighted by Gasteiger charge is -2.19. The van der Waals surface area contributed by atoms with Gasteiger partial charge >= 0.3 is 0 Å². The van der Waals surface area contributed by atoms with E-state index in [0.717, 1.165) is 0 Å². The Morgan fingerprint density at radius 1 is 1.00 bits per heavy atom. The Balaban J connectivity index is 2.13. The first kappa shape index (κ1) is 14.2. The average molecular weight is 325 g/mol. The molecular weight excluding hydrogens is 311 g/mol. The first-order valence-electron chi connectivity index (χ1n) is 5.93. The van der Waals surface area contributed by atoms with Crippen molar-refractivity contribution in [3.63, 3.8) is 0 Å². The first-order valence-corrected chi connectivity index (χ1v) is 6.73. The van der Waals surface area contributed by atoms with Crippen LogP contribution in [0.2, 0.25) is 0 Å². The van der Waals surface area contributed by atoms with E-state index >= 15 is 0 Å². The Hall–Kier alpha value is -1.23.